The molecule has 2 aliphatic rings. The first-order chi connectivity index (χ1) is 11.3. The van der Waals surface area contributed by atoms with Crippen LogP contribution in [-0.2, 0) is 4.79 Å². The maximum atomic E-state index is 11.7. The van der Waals surface area contributed by atoms with E-state index in [1.165, 1.54) is 6.42 Å². The topological polar surface area (TPSA) is 59.9 Å². The van der Waals surface area contributed by atoms with Gasteiger partial charge < -0.3 is 14.9 Å². The van der Waals surface area contributed by atoms with Gasteiger partial charge in [-0.2, -0.15) is 0 Å². The van der Waals surface area contributed by atoms with Gasteiger partial charge in [-0.1, -0.05) is 6.07 Å². The number of aliphatic hydroxyl groups excluding tert-OH is 1. The third-order valence-electron chi connectivity index (χ3n) is 4.87. The number of hydrogen-bond acceptors (Lipinski definition) is 5. The molecule has 6 nitrogen and oxygen atoms in total. The minimum absolute atomic E-state index is 0.130. The molecule has 6 heteroatoms. The Labute approximate surface area is 137 Å². The van der Waals surface area contributed by atoms with Crippen molar-refractivity contribution in [1.82, 2.24) is 14.8 Å². The molecule has 0 aliphatic carbocycles. The lowest BCUT2D eigenvalue weighted by molar-refractivity contribution is -0.136. The zero-order chi connectivity index (χ0) is 16.1. The van der Waals surface area contributed by atoms with Crippen molar-refractivity contribution in [2.75, 3.05) is 57.3 Å². The third kappa shape index (κ3) is 4.20. The van der Waals surface area contributed by atoms with E-state index in [9.17, 15) is 4.79 Å². The third-order valence-corrected chi connectivity index (χ3v) is 4.87. The van der Waals surface area contributed by atoms with E-state index in [4.69, 9.17) is 5.11 Å². The van der Waals surface area contributed by atoms with Crippen LogP contribution in [-0.4, -0.2) is 78.2 Å². The number of aliphatic hydroxyl groups is 1. The molecule has 1 amide bonds. The first-order valence-electron chi connectivity index (χ1n) is 8.53. The quantitative estimate of drug-likeness (QED) is 0.873. The van der Waals surface area contributed by atoms with Gasteiger partial charge in [-0.25, -0.2) is 4.98 Å². The number of aromatic nitrogens is 1. The fourth-order valence-corrected chi connectivity index (χ4v) is 3.61. The van der Waals surface area contributed by atoms with Gasteiger partial charge in [0.25, 0.3) is 0 Å². The van der Waals surface area contributed by atoms with Crippen LogP contribution in [0.15, 0.2) is 24.4 Å². The Morgan fingerprint density at radius 1 is 1.22 bits per heavy atom. The summed E-state index contributed by atoms with van der Waals surface area (Å²) < 4.78 is 0. The maximum Gasteiger partial charge on any atom is 0.248 e. The van der Waals surface area contributed by atoms with Gasteiger partial charge in [0, 0.05) is 52.0 Å². The van der Waals surface area contributed by atoms with E-state index in [-0.39, 0.29) is 12.5 Å². The maximum absolute atomic E-state index is 11.7. The number of pyridine rings is 1. The Balaban J connectivity index is 1.46. The number of carbonyl (C=O) groups is 1. The Hall–Kier alpha value is -1.66. The second kappa shape index (κ2) is 7.75. The van der Waals surface area contributed by atoms with Gasteiger partial charge in [-0.05, 0) is 30.9 Å². The molecular formula is C17H26N4O2. The minimum atomic E-state index is -0.366. The molecule has 1 unspecified atom stereocenters. The standard InChI is InChI=1S/C17H26N4O2/c22-14-17(23)21-7-3-4-15(13-21)12-19-8-10-20(11-9-19)16-5-1-2-6-18-16/h1-2,5-6,15,22H,3-4,7-14H2. The summed E-state index contributed by atoms with van der Waals surface area (Å²) >= 11 is 0. The van der Waals surface area contributed by atoms with E-state index in [0.29, 0.717) is 5.92 Å². The van der Waals surface area contributed by atoms with Crippen molar-refractivity contribution in [3.8, 4) is 0 Å². The highest BCUT2D eigenvalue weighted by atomic mass is 16.3. The highest BCUT2D eigenvalue weighted by Crippen LogP contribution is 2.19. The SMILES string of the molecule is O=C(CO)N1CCCC(CN2CCN(c3ccccn3)CC2)C1. The van der Waals surface area contributed by atoms with E-state index in [1.807, 2.05) is 23.2 Å². The first-order valence-corrected chi connectivity index (χ1v) is 8.53. The highest BCUT2D eigenvalue weighted by molar-refractivity contribution is 5.77. The molecule has 1 atom stereocenters. The monoisotopic (exact) mass is 318 g/mol. The fraction of sp³-hybridized carbons (Fsp3) is 0.647. The second-order valence-electron chi connectivity index (χ2n) is 6.48. The molecule has 0 spiro atoms. The Bertz CT molecular complexity index is 503. The molecule has 2 aliphatic heterocycles. The van der Waals surface area contributed by atoms with Gasteiger partial charge in [-0.3, -0.25) is 9.69 Å². The van der Waals surface area contributed by atoms with Crippen molar-refractivity contribution >= 4 is 11.7 Å². The summed E-state index contributed by atoms with van der Waals surface area (Å²) in [5.41, 5.74) is 0. The summed E-state index contributed by atoms with van der Waals surface area (Å²) in [5.74, 6) is 1.46. The number of hydrogen-bond donors (Lipinski definition) is 1. The Morgan fingerprint density at radius 2 is 2.04 bits per heavy atom. The number of anilines is 1. The van der Waals surface area contributed by atoms with Crippen molar-refractivity contribution in [3.63, 3.8) is 0 Å². The Morgan fingerprint density at radius 3 is 2.74 bits per heavy atom. The molecule has 0 saturated carbocycles. The minimum Gasteiger partial charge on any atom is -0.387 e. The van der Waals surface area contributed by atoms with Crippen LogP contribution >= 0.6 is 0 Å². The van der Waals surface area contributed by atoms with Crippen molar-refractivity contribution in [1.29, 1.82) is 0 Å². The van der Waals surface area contributed by atoms with Crippen LogP contribution in [0, 0.1) is 5.92 Å². The average molecular weight is 318 g/mol. The lowest BCUT2D eigenvalue weighted by atomic mass is 9.97. The number of piperazine rings is 1. The smallest absolute Gasteiger partial charge is 0.248 e. The summed E-state index contributed by atoms with van der Waals surface area (Å²) in [6.07, 6.45) is 4.07. The number of nitrogens with zero attached hydrogens (tertiary/aromatic N) is 4. The van der Waals surface area contributed by atoms with Gasteiger partial charge in [-0.15, -0.1) is 0 Å². The van der Waals surface area contributed by atoms with E-state index in [0.717, 1.165) is 58.1 Å². The number of amides is 1. The molecule has 3 heterocycles. The molecule has 1 aromatic heterocycles. The molecular weight excluding hydrogens is 292 g/mol. The summed E-state index contributed by atoms with van der Waals surface area (Å²) in [6, 6.07) is 6.04. The first kappa shape index (κ1) is 16.2. The molecule has 0 bridgehead atoms. The van der Waals surface area contributed by atoms with Crippen LogP contribution in [0.3, 0.4) is 0 Å². The second-order valence-corrected chi connectivity index (χ2v) is 6.48. The van der Waals surface area contributed by atoms with Crippen LogP contribution in [0.1, 0.15) is 12.8 Å². The van der Waals surface area contributed by atoms with E-state index in [1.54, 1.807) is 0 Å². The Kier molecular flexibility index (Phi) is 5.46. The number of rotatable bonds is 4. The number of piperidine rings is 1. The summed E-state index contributed by atoms with van der Waals surface area (Å²) in [4.78, 5) is 22.7. The fourth-order valence-electron chi connectivity index (χ4n) is 3.61. The molecule has 1 aromatic rings. The zero-order valence-electron chi connectivity index (χ0n) is 13.6. The molecule has 1 N–H and O–H groups in total. The highest BCUT2D eigenvalue weighted by Gasteiger charge is 2.26. The van der Waals surface area contributed by atoms with Crippen molar-refractivity contribution in [2.24, 2.45) is 5.92 Å². The van der Waals surface area contributed by atoms with Crippen molar-refractivity contribution < 1.29 is 9.90 Å². The van der Waals surface area contributed by atoms with E-state index in [2.05, 4.69) is 20.9 Å². The van der Waals surface area contributed by atoms with Crippen LogP contribution < -0.4 is 4.90 Å². The number of carbonyl (C=O) groups excluding carboxylic acids is 1. The largest absolute Gasteiger partial charge is 0.387 e. The van der Waals surface area contributed by atoms with Gasteiger partial charge in [0.15, 0.2) is 0 Å². The summed E-state index contributed by atoms with van der Waals surface area (Å²) in [5, 5.41) is 9.02. The molecule has 0 aromatic carbocycles. The van der Waals surface area contributed by atoms with Gasteiger partial charge in [0.05, 0.1) is 0 Å². The number of likely N-dealkylation sites (tertiary alicyclic amines) is 1. The normalized spacial score (nSPS) is 23.1. The van der Waals surface area contributed by atoms with E-state index < -0.39 is 0 Å². The van der Waals surface area contributed by atoms with Crippen LogP contribution in [0.4, 0.5) is 5.82 Å². The predicted molar refractivity (Wildman–Crippen MR) is 89.3 cm³/mol. The lowest BCUT2D eigenvalue weighted by Crippen LogP contribution is -2.50. The summed E-state index contributed by atoms with van der Waals surface area (Å²) in [7, 11) is 0. The van der Waals surface area contributed by atoms with Crippen molar-refractivity contribution in [3.05, 3.63) is 24.4 Å². The lowest BCUT2D eigenvalue weighted by Gasteiger charge is -2.39. The molecule has 0 radical (unpaired) electrons. The van der Waals surface area contributed by atoms with Gasteiger partial charge in [0.1, 0.15) is 12.4 Å². The van der Waals surface area contributed by atoms with Gasteiger partial charge >= 0.3 is 0 Å². The zero-order valence-corrected chi connectivity index (χ0v) is 13.6. The summed E-state index contributed by atoms with van der Waals surface area (Å²) in [6.45, 7) is 6.36. The predicted octanol–water partition coefficient (Wildman–Crippen LogP) is 0.434. The van der Waals surface area contributed by atoms with Crippen LogP contribution in [0.5, 0.6) is 0 Å². The molecule has 3 rings (SSSR count). The molecule has 2 fully saturated rings. The van der Waals surface area contributed by atoms with Crippen LogP contribution in [0.2, 0.25) is 0 Å². The van der Waals surface area contributed by atoms with Crippen LogP contribution in [0.25, 0.3) is 0 Å². The average Bonchev–Trinajstić information content (AvgIpc) is 2.62. The molecule has 126 valence electrons. The molecule has 2 saturated heterocycles. The van der Waals surface area contributed by atoms with Crippen molar-refractivity contribution in [2.45, 2.75) is 12.8 Å². The van der Waals surface area contributed by atoms with Gasteiger partial charge in [0.2, 0.25) is 5.91 Å². The molecule has 23 heavy (non-hydrogen) atoms. The van der Waals surface area contributed by atoms with E-state index >= 15 is 0 Å².